The third kappa shape index (κ3) is 3.78. The standard InChI is InChI=1S/C13H18N2O3S/c1-19(17,18)11-4-2-3-10(7-11)13(16)15-8-12(14)9-5-6-9/h2-4,7,9,12H,5-6,8,14H2,1H3,(H,15,16). The topological polar surface area (TPSA) is 89.3 Å². The third-order valence-corrected chi connectivity index (χ3v) is 4.36. The van der Waals surface area contributed by atoms with Gasteiger partial charge in [-0.05, 0) is 37.0 Å². The summed E-state index contributed by atoms with van der Waals surface area (Å²) < 4.78 is 22.8. The van der Waals surface area contributed by atoms with Crippen LogP contribution < -0.4 is 11.1 Å². The molecule has 0 aromatic heterocycles. The van der Waals surface area contributed by atoms with Crippen LogP contribution in [0.5, 0.6) is 0 Å². The van der Waals surface area contributed by atoms with Crippen LogP contribution in [-0.2, 0) is 9.84 Å². The van der Waals surface area contributed by atoms with Crippen LogP contribution in [0, 0.1) is 5.92 Å². The van der Waals surface area contributed by atoms with Crippen LogP contribution >= 0.6 is 0 Å². The lowest BCUT2D eigenvalue weighted by molar-refractivity contribution is 0.0950. The molecule has 1 aromatic rings. The van der Waals surface area contributed by atoms with Gasteiger partial charge in [-0.3, -0.25) is 4.79 Å². The number of benzene rings is 1. The molecule has 2 rings (SSSR count). The molecule has 1 fully saturated rings. The van der Waals surface area contributed by atoms with Crippen molar-refractivity contribution in [3.05, 3.63) is 29.8 Å². The Kier molecular flexibility index (Phi) is 3.91. The molecule has 0 saturated heterocycles. The van der Waals surface area contributed by atoms with Gasteiger partial charge in [0, 0.05) is 24.4 Å². The van der Waals surface area contributed by atoms with Gasteiger partial charge in [0.25, 0.3) is 5.91 Å². The number of carbonyl (C=O) groups excluding carboxylic acids is 1. The van der Waals surface area contributed by atoms with E-state index in [9.17, 15) is 13.2 Å². The minimum atomic E-state index is -3.30. The molecule has 0 spiro atoms. The molecule has 1 unspecified atom stereocenters. The molecule has 1 saturated carbocycles. The van der Waals surface area contributed by atoms with E-state index in [2.05, 4.69) is 5.32 Å². The first-order chi connectivity index (χ1) is 8.88. The van der Waals surface area contributed by atoms with E-state index in [-0.39, 0.29) is 16.8 Å². The van der Waals surface area contributed by atoms with Crippen LogP contribution in [0.1, 0.15) is 23.2 Å². The maximum absolute atomic E-state index is 11.9. The highest BCUT2D eigenvalue weighted by Crippen LogP contribution is 2.31. The molecule has 1 aromatic carbocycles. The van der Waals surface area contributed by atoms with Gasteiger partial charge in [0.15, 0.2) is 9.84 Å². The van der Waals surface area contributed by atoms with Crippen molar-refractivity contribution in [2.75, 3.05) is 12.8 Å². The van der Waals surface area contributed by atoms with Crippen molar-refractivity contribution in [3.63, 3.8) is 0 Å². The summed E-state index contributed by atoms with van der Waals surface area (Å²) in [5.74, 6) is 0.226. The van der Waals surface area contributed by atoms with Crippen LogP contribution in [0.3, 0.4) is 0 Å². The van der Waals surface area contributed by atoms with E-state index >= 15 is 0 Å². The maximum atomic E-state index is 11.9. The Morgan fingerprint density at radius 2 is 2.16 bits per heavy atom. The Balaban J connectivity index is 2.02. The highest BCUT2D eigenvalue weighted by Gasteiger charge is 2.28. The number of amides is 1. The summed E-state index contributed by atoms with van der Waals surface area (Å²) in [5, 5.41) is 2.74. The summed E-state index contributed by atoms with van der Waals surface area (Å²) in [5.41, 5.74) is 6.23. The highest BCUT2D eigenvalue weighted by molar-refractivity contribution is 7.90. The van der Waals surface area contributed by atoms with Gasteiger partial charge in [0.05, 0.1) is 4.90 Å². The van der Waals surface area contributed by atoms with Crippen LogP contribution in [0.2, 0.25) is 0 Å². The van der Waals surface area contributed by atoms with E-state index in [1.165, 1.54) is 12.1 Å². The van der Waals surface area contributed by atoms with Gasteiger partial charge in [0.2, 0.25) is 0 Å². The van der Waals surface area contributed by atoms with Gasteiger partial charge in [-0.15, -0.1) is 0 Å². The number of sulfone groups is 1. The van der Waals surface area contributed by atoms with E-state index in [0.29, 0.717) is 18.0 Å². The lowest BCUT2D eigenvalue weighted by Crippen LogP contribution is -2.38. The maximum Gasteiger partial charge on any atom is 0.251 e. The first-order valence-electron chi connectivity index (χ1n) is 6.22. The number of rotatable bonds is 5. The summed E-state index contributed by atoms with van der Waals surface area (Å²) in [4.78, 5) is 12.1. The van der Waals surface area contributed by atoms with Crippen LogP contribution in [0.25, 0.3) is 0 Å². The average molecular weight is 282 g/mol. The van der Waals surface area contributed by atoms with Crippen molar-refractivity contribution in [2.24, 2.45) is 11.7 Å². The molecular formula is C13H18N2O3S. The molecule has 0 heterocycles. The molecule has 1 atom stereocenters. The Hall–Kier alpha value is -1.40. The quantitative estimate of drug-likeness (QED) is 0.825. The fourth-order valence-corrected chi connectivity index (χ4v) is 2.54. The first kappa shape index (κ1) is 14.0. The minimum Gasteiger partial charge on any atom is -0.350 e. The second kappa shape index (κ2) is 5.30. The fourth-order valence-electron chi connectivity index (χ4n) is 1.87. The average Bonchev–Trinajstić information content (AvgIpc) is 3.19. The van der Waals surface area contributed by atoms with Crippen molar-refractivity contribution in [3.8, 4) is 0 Å². The second-order valence-electron chi connectivity index (χ2n) is 5.01. The predicted octanol–water partition coefficient (Wildman–Crippen LogP) is 0.557. The summed E-state index contributed by atoms with van der Waals surface area (Å²) in [6.45, 7) is 0.423. The Morgan fingerprint density at radius 1 is 1.47 bits per heavy atom. The smallest absolute Gasteiger partial charge is 0.251 e. The van der Waals surface area contributed by atoms with Crippen molar-refractivity contribution in [1.82, 2.24) is 5.32 Å². The van der Waals surface area contributed by atoms with Crippen molar-refractivity contribution in [1.29, 1.82) is 0 Å². The number of hydrogen-bond donors (Lipinski definition) is 2. The first-order valence-corrected chi connectivity index (χ1v) is 8.11. The number of carbonyl (C=O) groups is 1. The van der Waals surface area contributed by atoms with Gasteiger partial charge < -0.3 is 11.1 Å². The molecule has 1 aliphatic carbocycles. The Morgan fingerprint density at radius 3 is 2.74 bits per heavy atom. The Labute approximate surface area is 113 Å². The lowest BCUT2D eigenvalue weighted by atomic mass is 10.2. The molecule has 1 amide bonds. The minimum absolute atomic E-state index is 0.0120. The molecular weight excluding hydrogens is 264 g/mol. The number of nitrogens with two attached hydrogens (primary N) is 1. The zero-order valence-electron chi connectivity index (χ0n) is 10.8. The van der Waals surface area contributed by atoms with Crippen molar-refractivity contribution in [2.45, 2.75) is 23.8 Å². The molecule has 0 bridgehead atoms. The zero-order chi connectivity index (χ0) is 14.0. The largest absolute Gasteiger partial charge is 0.350 e. The molecule has 0 radical (unpaired) electrons. The van der Waals surface area contributed by atoms with E-state index < -0.39 is 9.84 Å². The Bertz CT molecular complexity index is 579. The molecule has 6 heteroatoms. The zero-order valence-corrected chi connectivity index (χ0v) is 11.6. The molecule has 3 N–H and O–H groups in total. The fraction of sp³-hybridized carbons (Fsp3) is 0.462. The normalized spacial score (nSPS) is 16.9. The number of nitrogens with one attached hydrogen (secondary N) is 1. The number of hydrogen-bond acceptors (Lipinski definition) is 4. The molecule has 104 valence electrons. The van der Waals surface area contributed by atoms with Crippen molar-refractivity contribution < 1.29 is 13.2 Å². The highest BCUT2D eigenvalue weighted by atomic mass is 32.2. The summed E-state index contributed by atoms with van der Waals surface area (Å²) in [6.07, 6.45) is 3.37. The van der Waals surface area contributed by atoms with Gasteiger partial charge in [-0.25, -0.2) is 8.42 Å². The van der Waals surface area contributed by atoms with E-state index in [4.69, 9.17) is 5.73 Å². The van der Waals surface area contributed by atoms with Gasteiger partial charge in [-0.2, -0.15) is 0 Å². The van der Waals surface area contributed by atoms with Gasteiger partial charge >= 0.3 is 0 Å². The molecule has 19 heavy (non-hydrogen) atoms. The summed E-state index contributed by atoms with van der Waals surface area (Å²) in [6, 6.07) is 6.00. The van der Waals surface area contributed by atoms with Crippen LogP contribution in [0.15, 0.2) is 29.2 Å². The van der Waals surface area contributed by atoms with Crippen molar-refractivity contribution >= 4 is 15.7 Å². The molecule has 0 aliphatic heterocycles. The van der Waals surface area contributed by atoms with Crippen LogP contribution in [-0.4, -0.2) is 33.2 Å². The molecule has 5 nitrogen and oxygen atoms in total. The van der Waals surface area contributed by atoms with Crippen LogP contribution in [0.4, 0.5) is 0 Å². The van der Waals surface area contributed by atoms with E-state index in [1.807, 2.05) is 0 Å². The van der Waals surface area contributed by atoms with E-state index in [1.54, 1.807) is 12.1 Å². The van der Waals surface area contributed by atoms with Gasteiger partial charge in [0.1, 0.15) is 0 Å². The van der Waals surface area contributed by atoms with Gasteiger partial charge in [-0.1, -0.05) is 6.07 Å². The molecule has 1 aliphatic rings. The predicted molar refractivity (Wildman–Crippen MR) is 72.6 cm³/mol. The monoisotopic (exact) mass is 282 g/mol. The second-order valence-corrected chi connectivity index (χ2v) is 7.03. The summed E-state index contributed by atoms with van der Waals surface area (Å²) in [7, 11) is -3.30. The third-order valence-electron chi connectivity index (χ3n) is 3.25. The summed E-state index contributed by atoms with van der Waals surface area (Å²) >= 11 is 0. The lowest BCUT2D eigenvalue weighted by Gasteiger charge is -2.11. The van der Waals surface area contributed by atoms with E-state index in [0.717, 1.165) is 19.1 Å². The SMILES string of the molecule is CS(=O)(=O)c1cccc(C(=O)NCC(N)C2CC2)c1.